The first-order chi connectivity index (χ1) is 17.7. The summed E-state index contributed by atoms with van der Waals surface area (Å²) in [5.41, 5.74) is -0.394. The number of carbonyl (C=O) groups is 3. The highest BCUT2D eigenvalue weighted by atomic mass is 32.2. The SMILES string of the molecule is CSCCC(NC(=O)OC(C)(C)C)C(=O)N(C(C(=O)NCc1ccccc1)c1ccccc1O)C(C)(C)C. The number of ether oxygens (including phenoxy) is 1. The number of amides is 3. The highest BCUT2D eigenvalue weighted by Gasteiger charge is 2.42. The number of nitrogens with zero attached hydrogens (tertiary/aromatic N) is 1. The Morgan fingerprint density at radius 3 is 2.13 bits per heavy atom. The number of rotatable bonds is 10. The normalized spacial score (nSPS) is 13.2. The third kappa shape index (κ3) is 9.28. The number of phenols is 1. The zero-order valence-electron chi connectivity index (χ0n) is 23.4. The van der Waals surface area contributed by atoms with E-state index in [9.17, 15) is 19.5 Å². The third-order valence-electron chi connectivity index (χ3n) is 5.61. The van der Waals surface area contributed by atoms with E-state index in [-0.39, 0.29) is 12.3 Å². The average molecular weight is 544 g/mol. The van der Waals surface area contributed by atoms with Crippen LogP contribution in [0, 0.1) is 0 Å². The second kappa shape index (κ2) is 13.6. The van der Waals surface area contributed by atoms with E-state index in [1.807, 2.05) is 57.4 Å². The molecule has 0 aliphatic carbocycles. The number of hydrogen-bond donors (Lipinski definition) is 3. The van der Waals surface area contributed by atoms with Crippen LogP contribution in [0.25, 0.3) is 0 Å². The lowest BCUT2D eigenvalue weighted by atomic mass is 9.94. The number of hydrogen-bond acceptors (Lipinski definition) is 6. The number of aromatic hydroxyl groups is 1. The monoisotopic (exact) mass is 543 g/mol. The van der Waals surface area contributed by atoms with Gasteiger partial charge in [-0.15, -0.1) is 0 Å². The molecule has 2 atom stereocenters. The molecule has 2 unspecified atom stereocenters. The Labute approximate surface area is 230 Å². The summed E-state index contributed by atoms with van der Waals surface area (Å²) in [6, 6.07) is 13.8. The fraction of sp³-hybridized carbons (Fsp3) is 0.483. The molecule has 3 amide bonds. The van der Waals surface area contributed by atoms with Crippen LogP contribution in [0.15, 0.2) is 54.6 Å². The Morgan fingerprint density at radius 1 is 0.974 bits per heavy atom. The first kappa shape index (κ1) is 31.0. The summed E-state index contributed by atoms with van der Waals surface area (Å²) in [6.07, 6.45) is 1.54. The van der Waals surface area contributed by atoms with Gasteiger partial charge in [0.1, 0.15) is 23.4 Å². The number of para-hydroxylation sites is 1. The molecule has 38 heavy (non-hydrogen) atoms. The van der Waals surface area contributed by atoms with Gasteiger partial charge in [-0.25, -0.2) is 4.79 Å². The van der Waals surface area contributed by atoms with Crippen LogP contribution in [0.1, 0.15) is 65.1 Å². The smallest absolute Gasteiger partial charge is 0.408 e. The van der Waals surface area contributed by atoms with Crippen LogP contribution in [-0.2, 0) is 20.9 Å². The summed E-state index contributed by atoms with van der Waals surface area (Å²) >= 11 is 1.54. The van der Waals surface area contributed by atoms with Crippen LogP contribution in [0.3, 0.4) is 0 Å². The third-order valence-corrected chi connectivity index (χ3v) is 6.25. The van der Waals surface area contributed by atoms with Crippen LogP contribution in [0.4, 0.5) is 4.79 Å². The van der Waals surface area contributed by atoms with Crippen molar-refractivity contribution in [2.75, 3.05) is 12.0 Å². The molecule has 8 nitrogen and oxygen atoms in total. The Morgan fingerprint density at radius 2 is 1.58 bits per heavy atom. The molecule has 208 valence electrons. The molecular formula is C29H41N3O5S. The lowest BCUT2D eigenvalue weighted by molar-refractivity contribution is -0.148. The second-order valence-corrected chi connectivity index (χ2v) is 12.0. The van der Waals surface area contributed by atoms with Crippen molar-refractivity contribution >= 4 is 29.7 Å². The largest absolute Gasteiger partial charge is 0.508 e. The van der Waals surface area contributed by atoms with Gasteiger partial charge in [0, 0.05) is 17.6 Å². The molecule has 2 rings (SSSR count). The van der Waals surface area contributed by atoms with Crippen molar-refractivity contribution in [2.24, 2.45) is 0 Å². The van der Waals surface area contributed by atoms with E-state index in [0.29, 0.717) is 17.7 Å². The van der Waals surface area contributed by atoms with Gasteiger partial charge in [-0.05, 0) is 71.6 Å². The fourth-order valence-electron chi connectivity index (χ4n) is 3.95. The highest BCUT2D eigenvalue weighted by molar-refractivity contribution is 7.98. The summed E-state index contributed by atoms with van der Waals surface area (Å²) in [7, 11) is 0. The van der Waals surface area contributed by atoms with E-state index >= 15 is 0 Å². The summed E-state index contributed by atoms with van der Waals surface area (Å²) in [5.74, 6) is -0.388. The molecule has 3 N–H and O–H groups in total. The Balaban J connectivity index is 2.51. The molecule has 0 aliphatic heterocycles. The van der Waals surface area contributed by atoms with Gasteiger partial charge in [0.15, 0.2) is 0 Å². The first-order valence-electron chi connectivity index (χ1n) is 12.7. The van der Waals surface area contributed by atoms with Crippen LogP contribution in [-0.4, -0.2) is 57.1 Å². The van der Waals surface area contributed by atoms with Crippen molar-refractivity contribution in [3.8, 4) is 5.75 Å². The topological polar surface area (TPSA) is 108 Å². The van der Waals surface area contributed by atoms with Crippen molar-refractivity contribution in [1.29, 1.82) is 0 Å². The predicted octanol–water partition coefficient (Wildman–Crippen LogP) is 5.02. The molecule has 0 radical (unpaired) electrons. The fourth-order valence-corrected chi connectivity index (χ4v) is 4.43. The minimum atomic E-state index is -1.15. The Bertz CT molecular complexity index is 1080. The molecule has 2 aromatic carbocycles. The van der Waals surface area contributed by atoms with Crippen LogP contribution in [0.5, 0.6) is 5.75 Å². The molecule has 0 aromatic heterocycles. The van der Waals surface area contributed by atoms with E-state index < -0.39 is 41.1 Å². The maximum atomic E-state index is 14.2. The quantitative estimate of drug-likeness (QED) is 0.388. The zero-order valence-corrected chi connectivity index (χ0v) is 24.2. The van der Waals surface area contributed by atoms with Crippen molar-refractivity contribution in [3.05, 3.63) is 65.7 Å². The van der Waals surface area contributed by atoms with Crippen molar-refractivity contribution in [3.63, 3.8) is 0 Å². The van der Waals surface area contributed by atoms with Gasteiger partial charge >= 0.3 is 6.09 Å². The first-order valence-corrected chi connectivity index (χ1v) is 14.0. The Hall–Kier alpha value is -3.20. The van der Waals surface area contributed by atoms with Gasteiger partial charge in [-0.2, -0.15) is 11.8 Å². The molecule has 0 heterocycles. The molecule has 0 spiro atoms. The molecule has 0 fully saturated rings. The van der Waals surface area contributed by atoms with Gasteiger partial charge in [-0.3, -0.25) is 9.59 Å². The van der Waals surface area contributed by atoms with E-state index in [1.54, 1.807) is 50.7 Å². The predicted molar refractivity (Wildman–Crippen MR) is 152 cm³/mol. The van der Waals surface area contributed by atoms with E-state index in [2.05, 4.69) is 10.6 Å². The van der Waals surface area contributed by atoms with E-state index in [0.717, 1.165) is 5.56 Å². The van der Waals surface area contributed by atoms with Gasteiger partial charge in [0.25, 0.3) is 0 Å². The van der Waals surface area contributed by atoms with Crippen molar-refractivity contribution in [2.45, 2.75) is 77.7 Å². The standard InChI is InChI=1S/C29H41N3O5S/c1-28(2,3)32(26(35)22(17-18-38-7)31-27(36)37-29(4,5)6)24(21-15-11-12-16-23(21)33)25(34)30-19-20-13-9-8-10-14-20/h8-16,22,24,33H,17-19H2,1-7H3,(H,30,34)(H,31,36). The number of carbonyl (C=O) groups excluding carboxylic acids is 3. The summed E-state index contributed by atoms with van der Waals surface area (Å²) in [4.78, 5) is 42.1. The number of benzene rings is 2. The van der Waals surface area contributed by atoms with Gasteiger partial charge < -0.3 is 25.4 Å². The number of phenolic OH excluding ortho intramolecular Hbond substituents is 1. The molecule has 0 saturated heterocycles. The molecule has 0 bridgehead atoms. The average Bonchev–Trinajstić information content (AvgIpc) is 2.82. The number of thioether (sulfide) groups is 1. The van der Waals surface area contributed by atoms with Crippen LogP contribution >= 0.6 is 11.8 Å². The summed E-state index contributed by atoms with van der Waals surface area (Å²) < 4.78 is 5.42. The molecule has 0 aliphatic rings. The maximum Gasteiger partial charge on any atom is 0.408 e. The molecule has 2 aromatic rings. The van der Waals surface area contributed by atoms with Crippen molar-refractivity contribution in [1.82, 2.24) is 15.5 Å². The molecular weight excluding hydrogens is 502 g/mol. The lowest BCUT2D eigenvalue weighted by Crippen LogP contribution is -2.58. The van der Waals surface area contributed by atoms with Crippen LogP contribution < -0.4 is 10.6 Å². The maximum absolute atomic E-state index is 14.2. The second-order valence-electron chi connectivity index (χ2n) is 11.0. The van der Waals surface area contributed by atoms with E-state index in [1.165, 1.54) is 11.0 Å². The van der Waals surface area contributed by atoms with E-state index in [4.69, 9.17) is 4.74 Å². The summed E-state index contributed by atoms with van der Waals surface area (Å²) in [5, 5.41) is 16.4. The summed E-state index contributed by atoms with van der Waals surface area (Å²) in [6.45, 7) is 11.0. The molecule has 0 saturated carbocycles. The number of nitrogens with one attached hydrogen (secondary N) is 2. The minimum absolute atomic E-state index is 0.102. The highest BCUT2D eigenvalue weighted by Crippen LogP contribution is 2.34. The van der Waals surface area contributed by atoms with Gasteiger partial charge in [0.2, 0.25) is 11.8 Å². The van der Waals surface area contributed by atoms with Gasteiger partial charge in [0.05, 0.1) is 0 Å². The lowest BCUT2D eigenvalue weighted by Gasteiger charge is -2.43. The van der Waals surface area contributed by atoms with Crippen LogP contribution in [0.2, 0.25) is 0 Å². The Kier molecular flexibility index (Phi) is 11.1. The van der Waals surface area contributed by atoms with Gasteiger partial charge in [-0.1, -0.05) is 48.5 Å². The zero-order chi connectivity index (χ0) is 28.5. The van der Waals surface area contributed by atoms with Crippen molar-refractivity contribution < 1.29 is 24.2 Å². The number of alkyl carbamates (subject to hydrolysis) is 1. The minimum Gasteiger partial charge on any atom is -0.508 e. The molecule has 9 heteroatoms.